The zero-order valence-corrected chi connectivity index (χ0v) is 21.2. The summed E-state index contributed by atoms with van der Waals surface area (Å²) in [5.74, 6) is 1.30. The average molecular weight is 510 g/mol. The van der Waals surface area contributed by atoms with Crippen molar-refractivity contribution in [2.24, 2.45) is 4.99 Å². The molecule has 198 valence electrons. The van der Waals surface area contributed by atoms with Crippen LogP contribution in [-0.4, -0.2) is 70.5 Å². The van der Waals surface area contributed by atoms with E-state index in [0.29, 0.717) is 42.3 Å². The molecule has 37 heavy (non-hydrogen) atoms. The minimum absolute atomic E-state index is 0.194. The van der Waals surface area contributed by atoms with Crippen LogP contribution in [0.4, 0.5) is 10.1 Å². The predicted octanol–water partition coefficient (Wildman–Crippen LogP) is 4.18. The number of hydrogen-bond donors (Lipinski definition) is 5. The second kappa shape index (κ2) is 14.7. The maximum Gasteiger partial charge on any atom is 0.193 e. The van der Waals surface area contributed by atoms with E-state index in [0.717, 1.165) is 49.9 Å². The van der Waals surface area contributed by atoms with Crippen molar-refractivity contribution in [3.8, 4) is 5.75 Å². The number of nitrogens with one attached hydrogen (secondary N) is 4. The highest BCUT2D eigenvalue weighted by molar-refractivity contribution is 5.95. The number of nitrogens with zero attached hydrogens (tertiary/aromatic N) is 3. The quantitative estimate of drug-likeness (QED) is 0.192. The molecule has 1 aliphatic heterocycles. The van der Waals surface area contributed by atoms with E-state index in [2.05, 4.69) is 37.1 Å². The lowest BCUT2D eigenvalue weighted by atomic mass is 10.1. The monoisotopic (exact) mass is 509 g/mol. The zero-order valence-electron chi connectivity index (χ0n) is 21.2. The number of ether oxygens (including phenoxy) is 1. The molecule has 1 aliphatic rings. The number of aliphatic hydroxyl groups is 1. The third-order valence-corrected chi connectivity index (χ3v) is 5.82. The fourth-order valence-corrected chi connectivity index (χ4v) is 3.70. The van der Waals surface area contributed by atoms with Gasteiger partial charge in [-0.25, -0.2) is 14.4 Å². The molecular formula is C27H36FN7O2. The molecule has 5 N–H and O–H groups in total. The molecule has 9 nitrogen and oxygen atoms in total. The van der Waals surface area contributed by atoms with Gasteiger partial charge >= 0.3 is 0 Å². The van der Waals surface area contributed by atoms with E-state index >= 15 is 0 Å². The molecule has 0 spiro atoms. The summed E-state index contributed by atoms with van der Waals surface area (Å²) in [7, 11) is 0. The van der Waals surface area contributed by atoms with E-state index in [1.165, 1.54) is 0 Å². The van der Waals surface area contributed by atoms with Crippen LogP contribution in [0.3, 0.4) is 0 Å². The number of piperidine rings is 1. The smallest absolute Gasteiger partial charge is 0.193 e. The zero-order chi connectivity index (χ0) is 26.5. The van der Waals surface area contributed by atoms with Gasteiger partial charge in [0.25, 0.3) is 0 Å². The lowest BCUT2D eigenvalue weighted by molar-refractivity contribution is 0.0755. The first-order chi connectivity index (χ1) is 18.0. The van der Waals surface area contributed by atoms with Crippen molar-refractivity contribution in [3.63, 3.8) is 0 Å². The fraction of sp³-hybridized carbons (Fsp3) is 0.370. The largest absolute Gasteiger partial charge is 0.492 e. The van der Waals surface area contributed by atoms with Gasteiger partial charge in [-0.1, -0.05) is 19.6 Å². The van der Waals surface area contributed by atoms with Gasteiger partial charge in [0.1, 0.15) is 24.5 Å². The Morgan fingerprint density at radius 2 is 2.22 bits per heavy atom. The molecule has 1 aromatic heterocycles. The van der Waals surface area contributed by atoms with Crippen LogP contribution >= 0.6 is 0 Å². The fourth-order valence-electron chi connectivity index (χ4n) is 3.70. The van der Waals surface area contributed by atoms with Crippen LogP contribution in [0.15, 0.2) is 54.6 Å². The van der Waals surface area contributed by atoms with Crippen molar-refractivity contribution in [2.75, 3.05) is 31.6 Å². The summed E-state index contributed by atoms with van der Waals surface area (Å²) in [6.45, 7) is 8.82. The third-order valence-electron chi connectivity index (χ3n) is 5.82. The van der Waals surface area contributed by atoms with Crippen LogP contribution in [0.5, 0.6) is 5.75 Å². The number of aliphatic hydroxyl groups excluding tert-OH is 1. The second-order valence-corrected chi connectivity index (χ2v) is 8.64. The summed E-state index contributed by atoms with van der Waals surface area (Å²) in [5.41, 5.74) is 2.76. The number of aliphatic imine (C=N–C) groups is 1. The van der Waals surface area contributed by atoms with E-state index in [9.17, 15) is 9.50 Å². The number of likely N-dealkylation sites (tertiary alicyclic amines) is 1. The van der Waals surface area contributed by atoms with Crippen molar-refractivity contribution in [1.82, 2.24) is 20.2 Å². The summed E-state index contributed by atoms with van der Waals surface area (Å²) in [6, 6.07) is 5.66. The summed E-state index contributed by atoms with van der Waals surface area (Å²) in [4.78, 5) is 14.1. The average Bonchev–Trinajstić information content (AvgIpc) is 3.37. The SMILES string of the molecule is C=Cc1cc(NC(/N=C/c2cnc(/C=C\C(=N)CC)[nH]2)N/C=C/F)cc(OCCN2CCC(O)CC2)c1. The molecule has 3 rings (SSSR count). The van der Waals surface area contributed by atoms with Crippen LogP contribution in [-0.2, 0) is 0 Å². The molecule has 0 amide bonds. The van der Waals surface area contributed by atoms with Crippen LogP contribution in [0.2, 0.25) is 0 Å². The Balaban J connectivity index is 1.64. The number of aromatic amines is 1. The second-order valence-electron chi connectivity index (χ2n) is 8.64. The van der Waals surface area contributed by atoms with Gasteiger partial charge < -0.3 is 30.9 Å². The number of imidazole rings is 1. The lowest BCUT2D eigenvalue weighted by Crippen LogP contribution is -2.38. The van der Waals surface area contributed by atoms with E-state index in [1.54, 1.807) is 30.6 Å². The van der Waals surface area contributed by atoms with Crippen molar-refractivity contribution < 1.29 is 14.2 Å². The van der Waals surface area contributed by atoms with Crippen LogP contribution in [0, 0.1) is 5.41 Å². The van der Waals surface area contributed by atoms with Gasteiger partial charge in [0.05, 0.1) is 24.2 Å². The van der Waals surface area contributed by atoms with E-state index in [4.69, 9.17) is 10.1 Å². The first kappa shape index (κ1) is 27.8. The van der Waals surface area contributed by atoms with E-state index in [1.807, 2.05) is 25.1 Å². The molecule has 2 aromatic rings. The van der Waals surface area contributed by atoms with E-state index in [-0.39, 0.29) is 6.10 Å². The topological polar surface area (TPSA) is 122 Å². The predicted molar refractivity (Wildman–Crippen MR) is 148 cm³/mol. The summed E-state index contributed by atoms with van der Waals surface area (Å²) < 4.78 is 18.7. The summed E-state index contributed by atoms with van der Waals surface area (Å²) in [6.07, 6.45) is 11.3. The molecule has 1 aromatic carbocycles. The Morgan fingerprint density at radius 3 is 2.95 bits per heavy atom. The Kier molecular flexibility index (Phi) is 11.1. The van der Waals surface area contributed by atoms with Gasteiger partial charge in [0.2, 0.25) is 0 Å². The summed E-state index contributed by atoms with van der Waals surface area (Å²) >= 11 is 0. The number of hydrogen-bond acceptors (Lipinski definition) is 8. The van der Waals surface area contributed by atoms with Gasteiger partial charge in [0.15, 0.2) is 6.29 Å². The highest BCUT2D eigenvalue weighted by Crippen LogP contribution is 2.23. The van der Waals surface area contributed by atoms with Gasteiger partial charge in [-0.3, -0.25) is 4.90 Å². The Morgan fingerprint density at radius 1 is 1.41 bits per heavy atom. The van der Waals surface area contributed by atoms with Crippen molar-refractivity contribution in [2.45, 2.75) is 38.6 Å². The Bertz CT molecular complexity index is 1100. The molecule has 10 heteroatoms. The summed E-state index contributed by atoms with van der Waals surface area (Å²) in [5, 5.41) is 23.5. The third kappa shape index (κ3) is 9.66. The highest BCUT2D eigenvalue weighted by atomic mass is 19.1. The van der Waals surface area contributed by atoms with Gasteiger partial charge in [-0.2, -0.15) is 0 Å². The van der Waals surface area contributed by atoms with Gasteiger partial charge in [-0.15, -0.1) is 0 Å². The number of rotatable bonds is 14. The molecule has 2 heterocycles. The van der Waals surface area contributed by atoms with Crippen LogP contribution < -0.4 is 15.4 Å². The van der Waals surface area contributed by atoms with Crippen LogP contribution in [0.1, 0.15) is 43.3 Å². The minimum atomic E-state index is -0.671. The normalized spacial score (nSPS) is 16.0. The molecule has 0 radical (unpaired) electrons. The highest BCUT2D eigenvalue weighted by Gasteiger charge is 2.16. The maximum absolute atomic E-state index is 12.7. The minimum Gasteiger partial charge on any atom is -0.492 e. The number of H-pyrrole nitrogens is 1. The molecule has 1 fully saturated rings. The first-order valence-corrected chi connectivity index (χ1v) is 12.4. The van der Waals surface area contributed by atoms with Gasteiger partial charge in [0, 0.05) is 43.3 Å². The molecule has 1 unspecified atom stereocenters. The standard InChI is InChI=1S/C27H36FN7O2/c1-3-20-15-22(17-25(16-20)37-14-13-35-11-7-24(36)8-12-35)34-27(30-10-9-28)32-19-23-18-31-26(33-23)6-5-21(29)4-2/h3,5-6,9-10,15-19,24,27,29-30,34,36H,1,4,7-8,11-14H2,2H3,(H,31,33)/b6-5-,10-9+,29-21?,32-19+. The molecule has 0 aliphatic carbocycles. The molecule has 1 atom stereocenters. The van der Waals surface area contributed by atoms with Crippen molar-refractivity contribution in [3.05, 3.63) is 66.7 Å². The number of anilines is 1. The number of benzene rings is 1. The number of aromatic nitrogens is 2. The number of allylic oxidation sites excluding steroid dienone is 1. The molecule has 0 saturated carbocycles. The molecule has 0 bridgehead atoms. The molecular weight excluding hydrogens is 473 g/mol. The molecule has 1 saturated heterocycles. The Labute approximate surface area is 217 Å². The maximum atomic E-state index is 12.7. The van der Waals surface area contributed by atoms with E-state index < -0.39 is 6.29 Å². The van der Waals surface area contributed by atoms with Crippen molar-refractivity contribution in [1.29, 1.82) is 5.41 Å². The first-order valence-electron chi connectivity index (χ1n) is 12.4. The number of halogens is 1. The Hall–Kier alpha value is -3.76. The van der Waals surface area contributed by atoms with Gasteiger partial charge in [-0.05, 0) is 49.1 Å². The van der Waals surface area contributed by atoms with Crippen molar-refractivity contribution >= 4 is 29.8 Å². The van der Waals surface area contributed by atoms with Crippen LogP contribution in [0.25, 0.3) is 12.2 Å². The lowest BCUT2D eigenvalue weighted by Gasteiger charge is -2.29.